The molecule has 0 saturated carbocycles. The van der Waals surface area contributed by atoms with Gasteiger partial charge in [-0.2, -0.15) is 0 Å². The molecular weight excluding hydrogens is 369 g/mol. The Morgan fingerprint density at radius 1 is 1.30 bits per heavy atom. The van der Waals surface area contributed by atoms with E-state index >= 15 is 0 Å². The standard InChI is InChI=1S/C18H22FN5O2S/c1-27-18-21-10-15(24(18)14-4-2-12(19)3-5-14)17(26)22-13-6-8-23(9-7-13)11-16(20)25/h2-5,10,13H,6-9,11H2,1H3,(H2,20,25)(H,22,26). The molecule has 0 unspecified atom stereocenters. The van der Waals surface area contributed by atoms with Gasteiger partial charge in [-0.05, 0) is 43.4 Å². The molecule has 3 N–H and O–H groups in total. The van der Waals surface area contributed by atoms with Crippen molar-refractivity contribution in [3.05, 3.63) is 42.0 Å². The normalized spacial score (nSPS) is 15.6. The van der Waals surface area contributed by atoms with Crippen LogP contribution in [0.3, 0.4) is 0 Å². The van der Waals surface area contributed by atoms with Crippen molar-refractivity contribution < 1.29 is 14.0 Å². The molecule has 2 heterocycles. The van der Waals surface area contributed by atoms with E-state index < -0.39 is 0 Å². The van der Waals surface area contributed by atoms with Gasteiger partial charge in [0.25, 0.3) is 5.91 Å². The summed E-state index contributed by atoms with van der Waals surface area (Å²) in [7, 11) is 0. The predicted octanol–water partition coefficient (Wildman–Crippen LogP) is 1.41. The minimum absolute atomic E-state index is 0.0240. The molecule has 0 aliphatic carbocycles. The third-order valence-electron chi connectivity index (χ3n) is 4.53. The average molecular weight is 391 g/mol. The van der Waals surface area contributed by atoms with Crippen LogP contribution in [-0.2, 0) is 4.79 Å². The smallest absolute Gasteiger partial charge is 0.270 e. The summed E-state index contributed by atoms with van der Waals surface area (Å²) in [6.07, 6.45) is 4.91. The maximum atomic E-state index is 13.2. The fourth-order valence-electron chi connectivity index (χ4n) is 3.19. The number of amides is 2. The van der Waals surface area contributed by atoms with Gasteiger partial charge in [0.05, 0.1) is 12.7 Å². The first kappa shape index (κ1) is 19.4. The maximum absolute atomic E-state index is 13.2. The Kier molecular flexibility index (Phi) is 6.12. The van der Waals surface area contributed by atoms with Gasteiger partial charge in [0, 0.05) is 24.8 Å². The van der Waals surface area contributed by atoms with E-state index in [-0.39, 0.29) is 30.2 Å². The molecule has 1 aromatic carbocycles. The first-order chi connectivity index (χ1) is 13.0. The number of hydrogen-bond acceptors (Lipinski definition) is 5. The van der Waals surface area contributed by atoms with Crippen molar-refractivity contribution in [1.82, 2.24) is 19.8 Å². The molecule has 0 radical (unpaired) electrons. The Hall–Kier alpha value is -2.39. The molecule has 144 valence electrons. The van der Waals surface area contributed by atoms with Crippen molar-refractivity contribution in [2.24, 2.45) is 5.73 Å². The molecular formula is C18H22FN5O2S. The lowest BCUT2D eigenvalue weighted by molar-refractivity contribution is -0.119. The number of nitrogens with two attached hydrogens (primary N) is 1. The number of hydrogen-bond donors (Lipinski definition) is 2. The first-order valence-corrected chi connectivity index (χ1v) is 9.89. The van der Waals surface area contributed by atoms with E-state index in [2.05, 4.69) is 10.3 Å². The molecule has 0 atom stereocenters. The minimum Gasteiger partial charge on any atom is -0.369 e. The van der Waals surface area contributed by atoms with Crippen molar-refractivity contribution in [2.75, 3.05) is 25.9 Å². The number of nitrogens with one attached hydrogen (secondary N) is 1. The summed E-state index contributed by atoms with van der Waals surface area (Å²) in [5.41, 5.74) is 6.31. The predicted molar refractivity (Wildman–Crippen MR) is 101 cm³/mol. The summed E-state index contributed by atoms with van der Waals surface area (Å²) in [6, 6.07) is 5.98. The first-order valence-electron chi connectivity index (χ1n) is 8.67. The zero-order valence-electron chi connectivity index (χ0n) is 15.0. The van der Waals surface area contributed by atoms with E-state index in [0.29, 0.717) is 29.6 Å². The van der Waals surface area contributed by atoms with E-state index in [4.69, 9.17) is 5.73 Å². The van der Waals surface area contributed by atoms with Crippen LogP contribution in [0.4, 0.5) is 4.39 Å². The molecule has 7 nitrogen and oxygen atoms in total. The molecule has 1 aliphatic heterocycles. The fraction of sp³-hybridized carbons (Fsp3) is 0.389. The van der Waals surface area contributed by atoms with E-state index in [1.165, 1.54) is 30.1 Å². The van der Waals surface area contributed by atoms with E-state index in [1.54, 1.807) is 16.7 Å². The van der Waals surface area contributed by atoms with Gasteiger partial charge >= 0.3 is 0 Å². The second-order valence-corrected chi connectivity index (χ2v) is 7.21. The van der Waals surface area contributed by atoms with Gasteiger partial charge < -0.3 is 11.1 Å². The minimum atomic E-state index is -0.342. The van der Waals surface area contributed by atoms with Gasteiger partial charge in [-0.1, -0.05) is 11.8 Å². The number of primary amides is 1. The number of imidazole rings is 1. The van der Waals surface area contributed by atoms with Crippen molar-refractivity contribution in [2.45, 2.75) is 24.0 Å². The number of nitrogens with zero attached hydrogens (tertiary/aromatic N) is 3. The summed E-state index contributed by atoms with van der Waals surface area (Å²) >= 11 is 1.41. The highest BCUT2D eigenvalue weighted by Crippen LogP contribution is 2.22. The maximum Gasteiger partial charge on any atom is 0.270 e. The highest BCUT2D eigenvalue weighted by atomic mass is 32.2. The number of piperidine rings is 1. The molecule has 0 bridgehead atoms. The Morgan fingerprint density at radius 2 is 1.96 bits per heavy atom. The number of likely N-dealkylation sites (tertiary alicyclic amines) is 1. The largest absolute Gasteiger partial charge is 0.369 e. The van der Waals surface area contributed by atoms with E-state index in [1.807, 2.05) is 11.2 Å². The average Bonchev–Trinajstić information content (AvgIpc) is 3.08. The molecule has 1 saturated heterocycles. The fourth-order valence-corrected chi connectivity index (χ4v) is 3.74. The number of carbonyl (C=O) groups is 2. The molecule has 2 aromatic rings. The summed E-state index contributed by atoms with van der Waals surface area (Å²) in [5, 5.41) is 3.70. The van der Waals surface area contributed by atoms with Gasteiger partial charge in [-0.15, -0.1) is 0 Å². The van der Waals surface area contributed by atoms with Crippen LogP contribution in [0.2, 0.25) is 0 Å². The van der Waals surface area contributed by atoms with Crippen molar-refractivity contribution in [3.63, 3.8) is 0 Å². The van der Waals surface area contributed by atoms with Crippen LogP contribution in [0.5, 0.6) is 0 Å². The number of aromatic nitrogens is 2. The molecule has 1 aromatic heterocycles. The Balaban J connectivity index is 1.71. The Labute approximate surface area is 161 Å². The van der Waals surface area contributed by atoms with Gasteiger partial charge in [-0.3, -0.25) is 19.1 Å². The van der Waals surface area contributed by atoms with Gasteiger partial charge in [-0.25, -0.2) is 9.37 Å². The van der Waals surface area contributed by atoms with Crippen LogP contribution in [0.15, 0.2) is 35.6 Å². The SMILES string of the molecule is CSc1ncc(C(=O)NC2CCN(CC(N)=O)CC2)n1-c1ccc(F)cc1. The van der Waals surface area contributed by atoms with Crippen LogP contribution in [0, 0.1) is 5.82 Å². The van der Waals surface area contributed by atoms with Crippen LogP contribution in [0.1, 0.15) is 23.3 Å². The zero-order chi connectivity index (χ0) is 19.4. The Morgan fingerprint density at radius 3 is 2.56 bits per heavy atom. The highest BCUT2D eigenvalue weighted by molar-refractivity contribution is 7.98. The van der Waals surface area contributed by atoms with Gasteiger partial charge in [0.1, 0.15) is 11.5 Å². The molecule has 1 aliphatic rings. The zero-order valence-corrected chi connectivity index (χ0v) is 15.8. The lowest BCUT2D eigenvalue weighted by Crippen LogP contribution is -2.47. The summed E-state index contributed by atoms with van der Waals surface area (Å²) in [5.74, 6) is -0.899. The monoisotopic (exact) mass is 391 g/mol. The topological polar surface area (TPSA) is 93.2 Å². The Bertz CT molecular complexity index is 816. The third-order valence-corrected chi connectivity index (χ3v) is 5.18. The quantitative estimate of drug-likeness (QED) is 0.727. The van der Waals surface area contributed by atoms with Gasteiger partial charge in [0.2, 0.25) is 5.91 Å². The lowest BCUT2D eigenvalue weighted by Gasteiger charge is -2.31. The van der Waals surface area contributed by atoms with Crippen LogP contribution < -0.4 is 11.1 Å². The second kappa shape index (κ2) is 8.53. The van der Waals surface area contributed by atoms with Crippen molar-refractivity contribution in [3.8, 4) is 5.69 Å². The van der Waals surface area contributed by atoms with Gasteiger partial charge in [0.15, 0.2) is 5.16 Å². The number of thioether (sulfide) groups is 1. The highest BCUT2D eigenvalue weighted by Gasteiger charge is 2.24. The molecule has 27 heavy (non-hydrogen) atoms. The second-order valence-electron chi connectivity index (χ2n) is 6.43. The molecule has 1 fully saturated rings. The van der Waals surface area contributed by atoms with Crippen LogP contribution in [-0.4, -0.2) is 58.2 Å². The van der Waals surface area contributed by atoms with Crippen LogP contribution >= 0.6 is 11.8 Å². The summed E-state index contributed by atoms with van der Waals surface area (Å²) < 4.78 is 15.0. The van der Waals surface area contributed by atoms with E-state index in [9.17, 15) is 14.0 Å². The summed E-state index contributed by atoms with van der Waals surface area (Å²) in [4.78, 5) is 30.1. The summed E-state index contributed by atoms with van der Waals surface area (Å²) in [6.45, 7) is 1.66. The third kappa shape index (κ3) is 4.67. The molecule has 9 heteroatoms. The van der Waals surface area contributed by atoms with Crippen LogP contribution in [0.25, 0.3) is 5.69 Å². The number of carbonyl (C=O) groups excluding carboxylic acids is 2. The molecule has 0 spiro atoms. The number of rotatable bonds is 6. The molecule has 3 rings (SSSR count). The van der Waals surface area contributed by atoms with E-state index in [0.717, 1.165) is 12.8 Å². The van der Waals surface area contributed by atoms with Crippen molar-refractivity contribution >= 4 is 23.6 Å². The molecule has 2 amide bonds. The number of benzene rings is 1. The lowest BCUT2D eigenvalue weighted by atomic mass is 10.0. The van der Waals surface area contributed by atoms with Crippen molar-refractivity contribution in [1.29, 1.82) is 0 Å². The number of halogens is 1.